The van der Waals surface area contributed by atoms with Gasteiger partial charge in [-0.2, -0.15) is 0 Å². The average molecular weight is 241 g/mol. The highest BCUT2D eigenvalue weighted by Gasteiger charge is 2.37. The Morgan fingerprint density at radius 1 is 1.69 bits per heavy atom. The van der Waals surface area contributed by atoms with Crippen molar-refractivity contribution in [3.8, 4) is 0 Å². The summed E-state index contributed by atoms with van der Waals surface area (Å²) in [6, 6.07) is 0. The Morgan fingerprint density at radius 3 is 3.00 bits per heavy atom. The predicted molar refractivity (Wildman–Crippen MR) is 65.5 cm³/mol. The van der Waals surface area contributed by atoms with Crippen molar-refractivity contribution in [1.82, 2.24) is 9.88 Å². The summed E-state index contributed by atoms with van der Waals surface area (Å²) in [5, 5.41) is 0. The molecule has 1 unspecified atom stereocenters. The number of aryl methyl sites for hydroxylation is 1. The molecule has 1 atom stereocenters. The maximum absolute atomic E-state index is 5.90. The molecule has 2 N–H and O–H groups in total. The number of likely N-dealkylation sites (N-methyl/N-ethyl adjacent to an activating group) is 1. The Morgan fingerprint density at radius 2 is 2.50 bits per heavy atom. The summed E-state index contributed by atoms with van der Waals surface area (Å²) >= 11 is 1.71. The Hall–Kier alpha value is -0.490. The molecular weight excluding hydrogens is 222 g/mol. The van der Waals surface area contributed by atoms with E-state index in [1.165, 1.54) is 4.88 Å². The van der Waals surface area contributed by atoms with Gasteiger partial charge in [0.25, 0.3) is 0 Å². The van der Waals surface area contributed by atoms with Crippen molar-refractivity contribution in [1.29, 1.82) is 0 Å². The van der Waals surface area contributed by atoms with Gasteiger partial charge < -0.3 is 10.5 Å². The molecule has 4 nitrogen and oxygen atoms in total. The molecule has 90 valence electrons. The topological polar surface area (TPSA) is 51.4 Å². The molecular formula is C11H19N3OS. The second-order valence-corrected chi connectivity index (χ2v) is 5.39. The molecule has 0 aromatic carbocycles. The number of nitrogens with two attached hydrogens (primary N) is 1. The quantitative estimate of drug-likeness (QED) is 0.854. The highest BCUT2D eigenvalue weighted by Crippen LogP contribution is 2.27. The van der Waals surface area contributed by atoms with E-state index in [1.807, 2.05) is 5.51 Å². The van der Waals surface area contributed by atoms with Crippen LogP contribution in [0.3, 0.4) is 0 Å². The maximum atomic E-state index is 5.90. The molecule has 5 heteroatoms. The van der Waals surface area contributed by atoms with Gasteiger partial charge in [-0.1, -0.05) is 0 Å². The third-order valence-corrected chi connectivity index (χ3v) is 4.42. The highest BCUT2D eigenvalue weighted by atomic mass is 32.1. The van der Waals surface area contributed by atoms with Gasteiger partial charge in [0.15, 0.2) is 0 Å². The van der Waals surface area contributed by atoms with Crippen LogP contribution in [0.2, 0.25) is 0 Å². The lowest BCUT2D eigenvalue weighted by molar-refractivity contribution is 0.0888. The van der Waals surface area contributed by atoms with Gasteiger partial charge in [-0.25, -0.2) is 4.98 Å². The lowest BCUT2D eigenvalue weighted by Gasteiger charge is -2.36. The van der Waals surface area contributed by atoms with Crippen LogP contribution in [0.25, 0.3) is 0 Å². The molecule has 1 aromatic rings. The Balaban J connectivity index is 2.07. The fourth-order valence-corrected chi connectivity index (χ4v) is 2.90. The second kappa shape index (κ2) is 4.79. The van der Waals surface area contributed by atoms with E-state index in [0.29, 0.717) is 6.54 Å². The van der Waals surface area contributed by atoms with Crippen molar-refractivity contribution in [2.45, 2.75) is 25.4 Å². The fourth-order valence-electron chi connectivity index (χ4n) is 2.08. The smallest absolute Gasteiger partial charge is 0.0798 e. The molecule has 1 aromatic heterocycles. The van der Waals surface area contributed by atoms with Crippen LogP contribution in [0.15, 0.2) is 5.51 Å². The lowest BCUT2D eigenvalue weighted by atomic mass is 9.97. The molecule has 1 fully saturated rings. The summed E-state index contributed by atoms with van der Waals surface area (Å²) in [5.74, 6) is 0. The molecule has 1 aliphatic rings. The maximum Gasteiger partial charge on any atom is 0.0798 e. The number of thiazole rings is 1. The van der Waals surface area contributed by atoms with E-state index in [0.717, 1.165) is 31.9 Å². The average Bonchev–Trinajstić information content (AvgIpc) is 2.89. The Kier molecular flexibility index (Phi) is 3.59. The summed E-state index contributed by atoms with van der Waals surface area (Å²) < 4.78 is 5.49. The molecule has 0 radical (unpaired) electrons. The minimum Gasteiger partial charge on any atom is -0.379 e. The van der Waals surface area contributed by atoms with E-state index in [1.54, 1.807) is 11.3 Å². The highest BCUT2D eigenvalue weighted by molar-refractivity contribution is 7.09. The number of rotatable bonds is 4. The summed E-state index contributed by atoms with van der Waals surface area (Å²) in [4.78, 5) is 7.92. The van der Waals surface area contributed by atoms with Gasteiger partial charge in [0.1, 0.15) is 0 Å². The van der Waals surface area contributed by atoms with Crippen molar-refractivity contribution in [3.05, 3.63) is 16.1 Å². The van der Waals surface area contributed by atoms with Gasteiger partial charge in [-0.05, 0) is 20.4 Å². The van der Waals surface area contributed by atoms with Gasteiger partial charge in [0.2, 0.25) is 0 Å². The first-order chi connectivity index (χ1) is 7.68. The van der Waals surface area contributed by atoms with Gasteiger partial charge in [0.05, 0.1) is 23.4 Å². The van der Waals surface area contributed by atoms with Gasteiger partial charge in [-0.3, -0.25) is 4.90 Å². The number of ether oxygens (including phenoxy) is 1. The van der Waals surface area contributed by atoms with Crippen molar-refractivity contribution in [3.63, 3.8) is 0 Å². The largest absolute Gasteiger partial charge is 0.379 e. The van der Waals surface area contributed by atoms with Gasteiger partial charge in [-0.15, -0.1) is 11.3 Å². The standard InChI is InChI=1S/C11H19N3OS/c1-9-10(16-8-13-9)5-14(2)11(6-12)3-4-15-7-11/h8H,3-7,12H2,1-2H3. The molecule has 1 aliphatic heterocycles. The molecule has 0 spiro atoms. The summed E-state index contributed by atoms with van der Waals surface area (Å²) in [7, 11) is 2.13. The van der Waals surface area contributed by atoms with E-state index >= 15 is 0 Å². The van der Waals surface area contributed by atoms with Gasteiger partial charge >= 0.3 is 0 Å². The summed E-state index contributed by atoms with van der Waals surface area (Å²) in [6.45, 7) is 5.19. The van der Waals surface area contributed by atoms with Crippen LogP contribution in [0.1, 0.15) is 17.0 Å². The molecule has 0 aliphatic carbocycles. The fraction of sp³-hybridized carbons (Fsp3) is 0.727. The molecule has 2 rings (SSSR count). The minimum atomic E-state index is 0.0242. The third kappa shape index (κ3) is 2.13. The lowest BCUT2D eigenvalue weighted by Crippen LogP contribution is -2.52. The zero-order valence-corrected chi connectivity index (χ0v) is 10.7. The zero-order valence-electron chi connectivity index (χ0n) is 9.90. The third-order valence-electron chi connectivity index (χ3n) is 3.50. The van der Waals surface area contributed by atoms with E-state index in [-0.39, 0.29) is 5.54 Å². The molecule has 16 heavy (non-hydrogen) atoms. The Labute approximate surface area is 100 Å². The zero-order chi connectivity index (χ0) is 11.6. The summed E-state index contributed by atoms with van der Waals surface area (Å²) in [5.41, 5.74) is 8.96. The van der Waals surface area contributed by atoms with Crippen LogP contribution in [0.4, 0.5) is 0 Å². The monoisotopic (exact) mass is 241 g/mol. The first-order valence-corrected chi connectivity index (χ1v) is 6.44. The molecule has 0 bridgehead atoms. The van der Waals surface area contributed by atoms with E-state index in [4.69, 9.17) is 10.5 Å². The normalized spacial score (nSPS) is 25.5. The Bertz CT molecular complexity index is 347. The molecule has 0 amide bonds. The molecule has 0 saturated carbocycles. The minimum absolute atomic E-state index is 0.0242. The van der Waals surface area contributed by atoms with Crippen molar-refractivity contribution < 1.29 is 4.74 Å². The molecule has 2 heterocycles. The van der Waals surface area contributed by atoms with Crippen molar-refractivity contribution in [2.24, 2.45) is 5.73 Å². The number of hydrogen-bond donors (Lipinski definition) is 1. The number of aromatic nitrogens is 1. The SMILES string of the molecule is Cc1ncsc1CN(C)C1(CN)CCOC1. The van der Waals surface area contributed by atoms with Crippen molar-refractivity contribution >= 4 is 11.3 Å². The van der Waals surface area contributed by atoms with Crippen LogP contribution in [0.5, 0.6) is 0 Å². The van der Waals surface area contributed by atoms with Gasteiger partial charge in [0, 0.05) is 24.6 Å². The number of hydrogen-bond acceptors (Lipinski definition) is 5. The van der Waals surface area contributed by atoms with E-state index in [9.17, 15) is 0 Å². The number of nitrogens with zero attached hydrogens (tertiary/aromatic N) is 2. The second-order valence-electron chi connectivity index (χ2n) is 4.45. The predicted octanol–water partition coefficient (Wildman–Crippen LogP) is 1.00. The van der Waals surface area contributed by atoms with Crippen LogP contribution in [-0.2, 0) is 11.3 Å². The van der Waals surface area contributed by atoms with E-state index in [2.05, 4.69) is 23.9 Å². The van der Waals surface area contributed by atoms with Crippen LogP contribution in [-0.4, -0.2) is 42.2 Å². The van der Waals surface area contributed by atoms with Crippen LogP contribution < -0.4 is 5.73 Å². The van der Waals surface area contributed by atoms with Crippen LogP contribution in [0, 0.1) is 6.92 Å². The van der Waals surface area contributed by atoms with E-state index < -0.39 is 0 Å². The molecule has 1 saturated heterocycles. The first kappa shape index (κ1) is 12.0. The van der Waals surface area contributed by atoms with Crippen molar-refractivity contribution in [2.75, 3.05) is 26.8 Å². The van der Waals surface area contributed by atoms with Crippen LogP contribution >= 0.6 is 11.3 Å². The summed E-state index contributed by atoms with van der Waals surface area (Å²) in [6.07, 6.45) is 1.03. The first-order valence-electron chi connectivity index (χ1n) is 5.56.